The van der Waals surface area contributed by atoms with Crippen LogP contribution < -0.4 is 0 Å². The van der Waals surface area contributed by atoms with Gasteiger partial charge in [0, 0.05) is 41.2 Å². The lowest BCUT2D eigenvalue weighted by Crippen LogP contribution is -2.20. The molecule has 6 heteroatoms. The number of imidazole rings is 1. The first kappa shape index (κ1) is 13.9. The van der Waals surface area contributed by atoms with Crippen molar-refractivity contribution in [1.82, 2.24) is 9.55 Å². The van der Waals surface area contributed by atoms with Crippen LogP contribution in [0.2, 0.25) is 0 Å². The lowest BCUT2D eigenvalue weighted by Gasteiger charge is -2.08. The van der Waals surface area contributed by atoms with Crippen molar-refractivity contribution in [3.05, 3.63) is 18.7 Å². The van der Waals surface area contributed by atoms with Crippen molar-refractivity contribution in [2.24, 2.45) is 5.92 Å². The van der Waals surface area contributed by atoms with Gasteiger partial charge in [-0.1, -0.05) is 6.92 Å². The van der Waals surface area contributed by atoms with Crippen LogP contribution in [0, 0.1) is 5.92 Å². The van der Waals surface area contributed by atoms with Crippen molar-refractivity contribution >= 4 is 16.8 Å². The summed E-state index contributed by atoms with van der Waals surface area (Å²) in [5.41, 5.74) is 0. The van der Waals surface area contributed by atoms with Gasteiger partial charge in [-0.15, -0.1) is 0 Å². The third-order valence-corrected chi connectivity index (χ3v) is 4.00. The van der Waals surface area contributed by atoms with Crippen LogP contribution in [0.3, 0.4) is 0 Å². The zero-order valence-electron chi connectivity index (χ0n) is 10.2. The minimum Gasteiger partial charge on any atom is -0.469 e. The van der Waals surface area contributed by atoms with Gasteiger partial charge in [0.2, 0.25) is 0 Å². The summed E-state index contributed by atoms with van der Waals surface area (Å²) in [6, 6.07) is 0. The maximum Gasteiger partial charge on any atom is 0.309 e. The highest BCUT2D eigenvalue weighted by molar-refractivity contribution is 7.85. The van der Waals surface area contributed by atoms with Crippen LogP contribution in [0.4, 0.5) is 0 Å². The van der Waals surface area contributed by atoms with Crippen molar-refractivity contribution < 1.29 is 13.7 Å². The highest BCUT2D eigenvalue weighted by Gasteiger charge is 2.16. The van der Waals surface area contributed by atoms with Crippen molar-refractivity contribution in [2.45, 2.75) is 19.9 Å². The van der Waals surface area contributed by atoms with Crippen LogP contribution in [0.15, 0.2) is 18.7 Å². The average molecular weight is 258 g/mol. The van der Waals surface area contributed by atoms with E-state index in [0.29, 0.717) is 11.5 Å². The van der Waals surface area contributed by atoms with Gasteiger partial charge in [-0.25, -0.2) is 4.98 Å². The van der Waals surface area contributed by atoms with E-state index in [4.69, 9.17) is 0 Å². The molecule has 0 saturated heterocycles. The Morgan fingerprint density at radius 2 is 2.35 bits per heavy atom. The second kappa shape index (κ2) is 7.21. The minimum absolute atomic E-state index is 0.297. The summed E-state index contributed by atoms with van der Waals surface area (Å²) in [7, 11) is 0.380. The van der Waals surface area contributed by atoms with Gasteiger partial charge < -0.3 is 9.30 Å². The molecule has 0 fully saturated rings. The van der Waals surface area contributed by atoms with E-state index in [1.807, 2.05) is 10.8 Å². The van der Waals surface area contributed by atoms with Gasteiger partial charge in [-0.2, -0.15) is 0 Å². The summed E-state index contributed by atoms with van der Waals surface area (Å²) >= 11 is 0. The molecule has 5 nitrogen and oxygen atoms in total. The predicted octanol–water partition coefficient (Wildman–Crippen LogP) is 0.831. The maximum atomic E-state index is 11.7. The zero-order valence-corrected chi connectivity index (χ0v) is 11.0. The molecule has 0 amide bonds. The van der Waals surface area contributed by atoms with Crippen LogP contribution in [0.1, 0.15) is 13.3 Å². The largest absolute Gasteiger partial charge is 0.469 e. The molecule has 1 rings (SSSR count). The molecule has 1 heterocycles. The monoisotopic (exact) mass is 258 g/mol. The number of carbonyl (C=O) groups is 1. The maximum absolute atomic E-state index is 11.7. The standard InChI is InChI=1S/C11H18N2O3S/c1-10(11(14)16-2)8-17(15)7-3-5-13-6-4-12-9-13/h4,6,9-10H,3,5,7-8H2,1-2H3. The van der Waals surface area contributed by atoms with E-state index in [1.165, 1.54) is 7.11 Å². The molecule has 0 aliphatic carbocycles. The average Bonchev–Trinajstić information content (AvgIpc) is 2.80. The smallest absolute Gasteiger partial charge is 0.309 e. The van der Waals surface area contributed by atoms with Crippen molar-refractivity contribution in [2.75, 3.05) is 18.6 Å². The summed E-state index contributed by atoms with van der Waals surface area (Å²) in [4.78, 5) is 15.1. The van der Waals surface area contributed by atoms with E-state index < -0.39 is 10.8 Å². The van der Waals surface area contributed by atoms with Gasteiger partial charge in [0.05, 0.1) is 19.4 Å². The number of nitrogens with zero attached hydrogens (tertiary/aromatic N) is 2. The number of aromatic nitrogens is 2. The summed E-state index contributed by atoms with van der Waals surface area (Å²) in [5, 5.41) is 0. The Morgan fingerprint density at radius 3 is 2.94 bits per heavy atom. The van der Waals surface area contributed by atoms with E-state index >= 15 is 0 Å². The fourth-order valence-electron chi connectivity index (χ4n) is 1.46. The molecule has 0 radical (unpaired) electrons. The number of methoxy groups -OCH3 is 1. The van der Waals surface area contributed by atoms with Gasteiger partial charge in [0.25, 0.3) is 0 Å². The van der Waals surface area contributed by atoms with Crippen LogP contribution in [0.5, 0.6) is 0 Å². The van der Waals surface area contributed by atoms with E-state index in [2.05, 4.69) is 9.72 Å². The Hall–Kier alpha value is -1.17. The molecule has 2 unspecified atom stereocenters. The minimum atomic E-state index is -0.968. The van der Waals surface area contributed by atoms with E-state index in [1.54, 1.807) is 19.4 Å². The Labute approximate surface area is 104 Å². The normalized spacial score (nSPS) is 14.2. The first-order chi connectivity index (χ1) is 8.13. The van der Waals surface area contributed by atoms with Crippen molar-refractivity contribution in [3.63, 3.8) is 0 Å². The SMILES string of the molecule is COC(=O)C(C)CS(=O)CCCn1ccnc1. The van der Waals surface area contributed by atoms with Crippen LogP contribution >= 0.6 is 0 Å². The molecule has 0 saturated carbocycles. The molecule has 1 aromatic rings. The molecule has 2 atom stereocenters. The van der Waals surface area contributed by atoms with E-state index in [0.717, 1.165) is 13.0 Å². The molecule has 1 aromatic heterocycles. The molecular weight excluding hydrogens is 240 g/mol. The third-order valence-electron chi connectivity index (χ3n) is 2.39. The quantitative estimate of drug-likeness (QED) is 0.680. The van der Waals surface area contributed by atoms with Crippen molar-refractivity contribution in [1.29, 1.82) is 0 Å². The predicted molar refractivity (Wildman–Crippen MR) is 65.9 cm³/mol. The molecule has 0 spiro atoms. The molecule has 0 bridgehead atoms. The lowest BCUT2D eigenvalue weighted by atomic mass is 10.2. The molecule has 0 aliphatic rings. The number of hydrogen-bond donors (Lipinski definition) is 0. The fraction of sp³-hybridized carbons (Fsp3) is 0.636. The molecule has 0 aliphatic heterocycles. The van der Waals surface area contributed by atoms with Crippen LogP contribution in [0.25, 0.3) is 0 Å². The second-order valence-corrected chi connectivity index (χ2v) is 5.51. The molecule has 0 aromatic carbocycles. The van der Waals surface area contributed by atoms with Gasteiger partial charge in [0.15, 0.2) is 0 Å². The summed E-state index contributed by atoms with van der Waals surface area (Å²) in [6.07, 6.45) is 6.15. The highest BCUT2D eigenvalue weighted by atomic mass is 32.2. The van der Waals surface area contributed by atoms with Crippen molar-refractivity contribution in [3.8, 4) is 0 Å². The summed E-state index contributed by atoms with van der Waals surface area (Å²) in [6.45, 7) is 2.54. The highest BCUT2D eigenvalue weighted by Crippen LogP contribution is 2.02. The Bertz CT molecular complexity index is 365. The topological polar surface area (TPSA) is 61.2 Å². The number of hydrogen-bond acceptors (Lipinski definition) is 4. The second-order valence-electron chi connectivity index (χ2n) is 3.89. The lowest BCUT2D eigenvalue weighted by molar-refractivity contribution is -0.144. The Balaban J connectivity index is 2.19. The van der Waals surface area contributed by atoms with Gasteiger partial charge in [0.1, 0.15) is 0 Å². The first-order valence-electron chi connectivity index (χ1n) is 5.52. The summed E-state index contributed by atoms with van der Waals surface area (Å²) < 4.78 is 18.2. The van der Waals surface area contributed by atoms with E-state index in [9.17, 15) is 9.00 Å². The molecule has 96 valence electrons. The number of rotatable bonds is 7. The Kier molecular flexibility index (Phi) is 5.90. The zero-order chi connectivity index (χ0) is 12.7. The third kappa shape index (κ3) is 5.12. The van der Waals surface area contributed by atoms with Crippen LogP contribution in [-0.2, 0) is 26.9 Å². The number of ether oxygens (including phenoxy) is 1. The molecular formula is C11H18N2O3S. The fourth-order valence-corrected chi connectivity index (χ4v) is 2.77. The van der Waals surface area contributed by atoms with Gasteiger partial charge in [-0.3, -0.25) is 9.00 Å². The molecule has 17 heavy (non-hydrogen) atoms. The number of aryl methyl sites for hydroxylation is 1. The van der Waals surface area contributed by atoms with Gasteiger partial charge >= 0.3 is 5.97 Å². The Morgan fingerprint density at radius 1 is 1.59 bits per heavy atom. The van der Waals surface area contributed by atoms with Crippen LogP contribution in [-0.4, -0.2) is 38.3 Å². The number of esters is 1. The van der Waals surface area contributed by atoms with E-state index in [-0.39, 0.29) is 11.9 Å². The summed E-state index contributed by atoms with van der Waals surface area (Å²) in [5.74, 6) is 0.373. The first-order valence-corrected chi connectivity index (χ1v) is 7.01. The van der Waals surface area contributed by atoms with Gasteiger partial charge in [-0.05, 0) is 6.42 Å². The number of carbonyl (C=O) groups excluding carboxylic acids is 1. The molecule has 0 N–H and O–H groups in total.